The van der Waals surface area contributed by atoms with Crippen molar-refractivity contribution in [3.05, 3.63) is 45.9 Å². The predicted molar refractivity (Wildman–Crippen MR) is 117 cm³/mol. The zero-order chi connectivity index (χ0) is 20.0. The molecule has 7 heteroatoms. The van der Waals surface area contributed by atoms with Crippen molar-refractivity contribution in [3.8, 4) is 16.9 Å². The summed E-state index contributed by atoms with van der Waals surface area (Å²) in [5, 5.41) is 0.647. The predicted octanol–water partition coefficient (Wildman–Crippen LogP) is 4.39. The van der Waals surface area contributed by atoms with Gasteiger partial charge < -0.3 is 15.4 Å². The van der Waals surface area contributed by atoms with Crippen molar-refractivity contribution in [1.29, 1.82) is 0 Å². The van der Waals surface area contributed by atoms with Gasteiger partial charge in [-0.25, -0.2) is 0 Å². The molecule has 1 saturated heterocycles. The molecule has 5 rings (SSSR count). The lowest BCUT2D eigenvalue weighted by Crippen LogP contribution is -2.43. The number of piperidine rings is 1. The number of rotatable bonds is 3. The van der Waals surface area contributed by atoms with E-state index in [0.29, 0.717) is 18.0 Å². The molecule has 0 aliphatic carbocycles. The van der Waals surface area contributed by atoms with Crippen molar-refractivity contribution in [1.82, 2.24) is 9.88 Å². The second kappa shape index (κ2) is 7.59. The van der Waals surface area contributed by atoms with Crippen molar-refractivity contribution in [2.75, 3.05) is 13.1 Å². The summed E-state index contributed by atoms with van der Waals surface area (Å²) in [4.78, 5) is 20.5. The highest BCUT2D eigenvalue weighted by molar-refractivity contribution is 7.19. The molecular formula is C22H22ClN3O2S. The van der Waals surface area contributed by atoms with Gasteiger partial charge in [-0.15, -0.1) is 11.3 Å². The number of aromatic nitrogens is 1. The van der Waals surface area contributed by atoms with Gasteiger partial charge in [-0.2, -0.15) is 0 Å². The molecule has 1 atom stereocenters. The van der Waals surface area contributed by atoms with Gasteiger partial charge >= 0.3 is 0 Å². The molecule has 1 aromatic carbocycles. The van der Waals surface area contributed by atoms with Gasteiger partial charge in [0.25, 0.3) is 5.91 Å². The molecule has 2 aliphatic heterocycles. The number of halogens is 1. The number of nitrogens with two attached hydrogens (primary N) is 1. The highest BCUT2D eigenvalue weighted by Crippen LogP contribution is 2.44. The molecule has 3 aromatic rings. The van der Waals surface area contributed by atoms with Crippen LogP contribution in [0.1, 0.15) is 29.7 Å². The number of hydrogen-bond donors (Lipinski definition) is 1. The minimum absolute atomic E-state index is 0.0874. The number of pyridine rings is 1. The van der Waals surface area contributed by atoms with Gasteiger partial charge in [0, 0.05) is 58.8 Å². The third-order valence-electron chi connectivity index (χ3n) is 5.69. The number of fused-ring (bicyclic) bond motifs is 2. The average molecular weight is 428 g/mol. The van der Waals surface area contributed by atoms with Crippen LogP contribution >= 0.6 is 22.9 Å². The van der Waals surface area contributed by atoms with Crippen LogP contribution in [0.5, 0.6) is 5.75 Å². The van der Waals surface area contributed by atoms with E-state index in [0.717, 1.165) is 63.5 Å². The summed E-state index contributed by atoms with van der Waals surface area (Å²) >= 11 is 8.09. The zero-order valence-corrected chi connectivity index (χ0v) is 17.6. The number of likely N-dealkylation sites (tertiary alicyclic amines) is 1. The maximum atomic E-state index is 13.0. The van der Waals surface area contributed by atoms with Gasteiger partial charge in [0.15, 0.2) is 6.10 Å². The molecule has 4 heterocycles. The van der Waals surface area contributed by atoms with Crippen molar-refractivity contribution in [2.45, 2.75) is 38.3 Å². The standard InChI is InChI=1S/C22H22ClN3O2S/c23-14-8-13-9-19(22(27)26-6-2-1-3-7-26)28-20(13)17(10-14)16-4-5-25-18-11-15(12-24)29-21(16)18/h4-5,8,10-11,19H,1-3,6-7,9,12,24H2. The van der Waals surface area contributed by atoms with Gasteiger partial charge in [-0.1, -0.05) is 11.6 Å². The second-order valence-electron chi connectivity index (χ2n) is 7.63. The Balaban J connectivity index is 1.54. The number of hydrogen-bond acceptors (Lipinski definition) is 5. The van der Waals surface area contributed by atoms with Crippen molar-refractivity contribution >= 4 is 39.1 Å². The normalized spacial score (nSPS) is 18.7. The topological polar surface area (TPSA) is 68.5 Å². The molecule has 1 unspecified atom stereocenters. The first-order chi connectivity index (χ1) is 14.1. The summed E-state index contributed by atoms with van der Waals surface area (Å²) in [6, 6.07) is 7.85. The zero-order valence-electron chi connectivity index (χ0n) is 16.0. The minimum Gasteiger partial charge on any atom is -0.479 e. The molecule has 0 bridgehead atoms. The number of carbonyl (C=O) groups is 1. The molecule has 1 fully saturated rings. The number of amides is 1. The summed E-state index contributed by atoms with van der Waals surface area (Å²) in [5.74, 6) is 0.851. The Kier molecular flexibility index (Phi) is 4.94. The lowest BCUT2D eigenvalue weighted by molar-refractivity contribution is -0.138. The van der Waals surface area contributed by atoms with Crippen molar-refractivity contribution in [2.24, 2.45) is 5.73 Å². The van der Waals surface area contributed by atoms with Gasteiger partial charge in [0.2, 0.25) is 0 Å². The summed E-state index contributed by atoms with van der Waals surface area (Å²) in [6.07, 6.45) is 5.21. The first kappa shape index (κ1) is 18.9. The quantitative estimate of drug-likeness (QED) is 0.673. The summed E-state index contributed by atoms with van der Waals surface area (Å²) in [6.45, 7) is 2.13. The molecule has 1 amide bonds. The van der Waals surface area contributed by atoms with Crippen LogP contribution in [0.4, 0.5) is 0 Å². The highest BCUT2D eigenvalue weighted by atomic mass is 35.5. The van der Waals surface area contributed by atoms with Crippen molar-refractivity contribution < 1.29 is 9.53 Å². The van der Waals surface area contributed by atoms with E-state index < -0.39 is 6.10 Å². The lowest BCUT2D eigenvalue weighted by atomic mass is 10.0. The molecule has 2 N–H and O–H groups in total. The fourth-order valence-electron chi connectivity index (χ4n) is 4.28. The third-order valence-corrected chi connectivity index (χ3v) is 7.09. The molecule has 0 saturated carbocycles. The first-order valence-electron chi connectivity index (χ1n) is 10.00. The highest BCUT2D eigenvalue weighted by Gasteiger charge is 2.35. The summed E-state index contributed by atoms with van der Waals surface area (Å²) in [5.41, 5.74) is 9.67. The van der Waals surface area contributed by atoms with E-state index in [1.165, 1.54) is 6.42 Å². The fraction of sp³-hybridized carbons (Fsp3) is 0.364. The molecule has 29 heavy (non-hydrogen) atoms. The SMILES string of the molecule is NCc1cc2nccc(-c3cc(Cl)cc4c3OC(C(=O)N3CCCCC3)C4)c2s1. The molecule has 5 nitrogen and oxygen atoms in total. The number of thiophene rings is 1. The molecule has 2 aromatic heterocycles. The van der Waals surface area contributed by atoms with E-state index in [1.807, 2.05) is 29.2 Å². The fourth-order valence-corrected chi connectivity index (χ4v) is 5.54. The van der Waals surface area contributed by atoms with E-state index in [9.17, 15) is 4.79 Å². The smallest absolute Gasteiger partial charge is 0.263 e. The van der Waals surface area contributed by atoms with Crippen LogP contribution in [-0.4, -0.2) is 35.0 Å². The Bertz CT molecular complexity index is 1090. The lowest BCUT2D eigenvalue weighted by Gasteiger charge is -2.28. The second-order valence-corrected chi connectivity index (χ2v) is 9.20. The Morgan fingerprint density at radius 2 is 2.07 bits per heavy atom. The summed E-state index contributed by atoms with van der Waals surface area (Å²) < 4.78 is 7.32. The molecule has 2 aliphatic rings. The van der Waals surface area contributed by atoms with Gasteiger partial charge in [-0.05, 0) is 43.5 Å². The Hall–Kier alpha value is -2.15. The van der Waals surface area contributed by atoms with E-state index in [4.69, 9.17) is 22.1 Å². The number of carbonyl (C=O) groups excluding carboxylic acids is 1. The number of benzene rings is 1. The number of ether oxygens (including phenoxy) is 1. The van der Waals surface area contributed by atoms with E-state index in [2.05, 4.69) is 4.98 Å². The van der Waals surface area contributed by atoms with E-state index >= 15 is 0 Å². The van der Waals surface area contributed by atoms with Crippen LogP contribution < -0.4 is 10.5 Å². The van der Waals surface area contributed by atoms with Crippen LogP contribution in [0.25, 0.3) is 21.3 Å². The Labute approximate surface area is 178 Å². The molecule has 0 radical (unpaired) electrons. The maximum Gasteiger partial charge on any atom is 0.263 e. The Morgan fingerprint density at radius 3 is 2.86 bits per heavy atom. The average Bonchev–Trinajstić information content (AvgIpc) is 3.36. The molecular weight excluding hydrogens is 406 g/mol. The largest absolute Gasteiger partial charge is 0.479 e. The summed E-state index contributed by atoms with van der Waals surface area (Å²) in [7, 11) is 0. The van der Waals surface area contributed by atoms with Crippen LogP contribution in [0.3, 0.4) is 0 Å². The van der Waals surface area contributed by atoms with E-state index in [-0.39, 0.29) is 5.91 Å². The molecule has 0 spiro atoms. The van der Waals surface area contributed by atoms with Crippen molar-refractivity contribution in [3.63, 3.8) is 0 Å². The minimum atomic E-state index is -0.472. The third kappa shape index (κ3) is 3.39. The van der Waals surface area contributed by atoms with Crippen LogP contribution in [-0.2, 0) is 17.8 Å². The van der Waals surface area contributed by atoms with Crippen LogP contribution in [0.2, 0.25) is 5.02 Å². The van der Waals surface area contributed by atoms with Gasteiger partial charge in [-0.3, -0.25) is 9.78 Å². The number of nitrogens with zero attached hydrogens (tertiary/aromatic N) is 2. The van der Waals surface area contributed by atoms with Gasteiger partial charge in [0.1, 0.15) is 5.75 Å². The maximum absolute atomic E-state index is 13.0. The van der Waals surface area contributed by atoms with Crippen LogP contribution in [0.15, 0.2) is 30.5 Å². The van der Waals surface area contributed by atoms with Crippen LogP contribution in [0, 0.1) is 0 Å². The Morgan fingerprint density at radius 1 is 1.24 bits per heavy atom. The van der Waals surface area contributed by atoms with E-state index in [1.54, 1.807) is 17.5 Å². The first-order valence-corrected chi connectivity index (χ1v) is 11.2. The van der Waals surface area contributed by atoms with Gasteiger partial charge in [0.05, 0.1) is 10.2 Å². The monoisotopic (exact) mass is 427 g/mol. The molecule has 150 valence electrons.